The fourth-order valence-corrected chi connectivity index (χ4v) is 4.39. The molecular weight excluding hydrogens is 429 g/mol. The molecule has 0 bridgehead atoms. The Bertz CT molecular complexity index is 1260. The first-order valence-corrected chi connectivity index (χ1v) is 11.0. The van der Waals surface area contributed by atoms with E-state index in [-0.39, 0.29) is 11.1 Å². The molecule has 8 nitrogen and oxygen atoms in total. The van der Waals surface area contributed by atoms with Crippen molar-refractivity contribution < 1.29 is 9.50 Å². The lowest BCUT2D eigenvalue weighted by Crippen LogP contribution is -2.33. The number of nitriles is 1. The summed E-state index contributed by atoms with van der Waals surface area (Å²) < 4.78 is 15.7. The van der Waals surface area contributed by atoms with Gasteiger partial charge in [-0.1, -0.05) is 11.8 Å². The molecule has 5 heterocycles. The van der Waals surface area contributed by atoms with Crippen LogP contribution in [-0.2, 0) is 0 Å². The van der Waals surface area contributed by atoms with Crippen molar-refractivity contribution >= 4 is 17.3 Å². The van der Waals surface area contributed by atoms with Gasteiger partial charge in [-0.15, -0.1) is 0 Å². The van der Waals surface area contributed by atoms with E-state index in [0.29, 0.717) is 16.0 Å². The van der Waals surface area contributed by atoms with Crippen molar-refractivity contribution in [2.45, 2.75) is 35.8 Å². The highest BCUT2D eigenvalue weighted by atomic mass is 32.2. The molecule has 0 spiro atoms. The van der Waals surface area contributed by atoms with E-state index in [2.05, 4.69) is 31.7 Å². The average Bonchev–Trinajstić information content (AvgIpc) is 3.42. The molecule has 10 heteroatoms. The molecule has 1 atom stereocenters. The van der Waals surface area contributed by atoms with Gasteiger partial charge in [0.1, 0.15) is 11.1 Å². The Kier molecular flexibility index (Phi) is 6.80. The first-order valence-electron chi connectivity index (χ1n) is 10.2. The molecule has 1 fully saturated rings. The summed E-state index contributed by atoms with van der Waals surface area (Å²) in [6.07, 6.45) is 8.62. The van der Waals surface area contributed by atoms with Crippen molar-refractivity contribution in [1.29, 1.82) is 5.26 Å². The van der Waals surface area contributed by atoms with E-state index >= 15 is 0 Å². The molecule has 0 saturated carbocycles. The summed E-state index contributed by atoms with van der Waals surface area (Å²) in [6.45, 7) is 3.79. The summed E-state index contributed by atoms with van der Waals surface area (Å²) in [4.78, 5) is 4.79. The number of hydrogen-bond donors (Lipinski definition) is 3. The second-order valence-electron chi connectivity index (χ2n) is 7.36. The van der Waals surface area contributed by atoms with Crippen LogP contribution in [0.15, 0.2) is 52.9 Å². The van der Waals surface area contributed by atoms with Crippen molar-refractivity contribution in [3.63, 3.8) is 0 Å². The van der Waals surface area contributed by atoms with Gasteiger partial charge in [0.05, 0.1) is 29.6 Å². The Labute approximate surface area is 188 Å². The summed E-state index contributed by atoms with van der Waals surface area (Å²) in [5, 5.41) is 32.7. The lowest BCUT2D eigenvalue weighted by Gasteiger charge is -2.16. The number of piperidine rings is 1. The number of aromatic amines is 1. The van der Waals surface area contributed by atoms with E-state index in [9.17, 15) is 9.65 Å². The molecule has 32 heavy (non-hydrogen) atoms. The van der Waals surface area contributed by atoms with Crippen molar-refractivity contribution in [3.05, 3.63) is 60.1 Å². The van der Waals surface area contributed by atoms with Gasteiger partial charge >= 0.3 is 0 Å². The van der Waals surface area contributed by atoms with Gasteiger partial charge in [0.15, 0.2) is 5.82 Å². The molecule has 0 aliphatic carbocycles. The van der Waals surface area contributed by atoms with Gasteiger partial charge in [0.2, 0.25) is 0 Å². The lowest BCUT2D eigenvalue weighted by molar-refractivity contribution is 0.142. The van der Waals surface area contributed by atoms with Gasteiger partial charge in [-0.25, -0.2) is 13.9 Å². The summed E-state index contributed by atoms with van der Waals surface area (Å²) in [5.41, 5.74) is 3.74. The van der Waals surface area contributed by atoms with Crippen molar-refractivity contribution in [3.8, 4) is 17.2 Å². The standard InChI is InChI=1S/C17H11FN6S.C5H11NO/c1-10-13(8-21-23-10)11-5-15(25-17-14(18)3-2-4-20-17)16-12(6-19)7-22-24(16)9-11;7-5-2-1-3-6-4-5/h2-5,7-9H,1H3,(H,21,23);5-7H,1-4H2. The first-order chi connectivity index (χ1) is 15.6. The summed E-state index contributed by atoms with van der Waals surface area (Å²) in [6, 6.07) is 6.93. The molecule has 1 aliphatic heterocycles. The number of pyridine rings is 2. The number of nitrogens with one attached hydrogen (secondary N) is 2. The lowest BCUT2D eigenvalue weighted by atomic mass is 10.1. The molecule has 5 rings (SSSR count). The van der Waals surface area contributed by atoms with Gasteiger partial charge in [0.25, 0.3) is 0 Å². The minimum atomic E-state index is -0.409. The number of aliphatic hydroxyl groups excluding tert-OH is 1. The molecule has 4 aromatic rings. The third-order valence-corrected chi connectivity index (χ3v) is 6.07. The minimum absolute atomic E-state index is 0.0752. The van der Waals surface area contributed by atoms with Gasteiger partial charge < -0.3 is 10.4 Å². The fraction of sp³-hybridized carbons (Fsp3) is 0.273. The van der Waals surface area contributed by atoms with Crippen LogP contribution in [0.4, 0.5) is 4.39 Å². The topological polar surface area (TPSA) is 115 Å². The van der Waals surface area contributed by atoms with E-state index in [1.807, 2.05) is 19.2 Å². The maximum atomic E-state index is 14.0. The number of aromatic nitrogens is 5. The van der Waals surface area contributed by atoms with Crippen molar-refractivity contribution in [2.24, 2.45) is 0 Å². The Morgan fingerprint density at radius 3 is 2.88 bits per heavy atom. The molecule has 1 saturated heterocycles. The number of fused-ring (bicyclic) bond motifs is 1. The van der Waals surface area contributed by atoms with E-state index < -0.39 is 5.82 Å². The zero-order valence-electron chi connectivity index (χ0n) is 17.4. The Morgan fingerprint density at radius 2 is 2.25 bits per heavy atom. The van der Waals surface area contributed by atoms with Crippen LogP contribution in [0.3, 0.4) is 0 Å². The SMILES string of the molecule is Cc1[nH]ncc1-c1cc(Sc2ncccc2F)c2c(C#N)cnn2c1.OC1CCCNC1. The van der Waals surface area contributed by atoms with Crippen LogP contribution in [0.2, 0.25) is 0 Å². The maximum Gasteiger partial charge on any atom is 0.155 e. The quantitative estimate of drug-likeness (QED) is 0.438. The number of aliphatic hydroxyl groups is 1. The summed E-state index contributed by atoms with van der Waals surface area (Å²) >= 11 is 1.17. The fourth-order valence-electron chi connectivity index (χ4n) is 3.42. The molecule has 164 valence electrons. The smallest absolute Gasteiger partial charge is 0.155 e. The Morgan fingerprint density at radius 1 is 1.38 bits per heavy atom. The number of aryl methyl sites for hydroxylation is 1. The second kappa shape index (κ2) is 9.91. The molecule has 0 radical (unpaired) electrons. The highest BCUT2D eigenvalue weighted by molar-refractivity contribution is 7.99. The normalized spacial score (nSPS) is 15.8. The monoisotopic (exact) mass is 451 g/mol. The van der Waals surface area contributed by atoms with Gasteiger partial charge in [-0.05, 0) is 44.5 Å². The summed E-state index contributed by atoms with van der Waals surface area (Å²) in [7, 11) is 0. The molecule has 1 unspecified atom stereocenters. The maximum absolute atomic E-state index is 14.0. The van der Waals surface area contributed by atoms with Crippen molar-refractivity contribution in [2.75, 3.05) is 13.1 Å². The molecule has 4 aromatic heterocycles. The summed E-state index contributed by atoms with van der Waals surface area (Å²) in [5.74, 6) is -0.409. The average molecular weight is 452 g/mol. The molecule has 1 aliphatic rings. The number of halogens is 1. The number of H-pyrrole nitrogens is 1. The highest BCUT2D eigenvalue weighted by Gasteiger charge is 2.16. The second-order valence-corrected chi connectivity index (χ2v) is 8.39. The number of nitrogens with zero attached hydrogens (tertiary/aromatic N) is 5. The van der Waals surface area contributed by atoms with E-state index in [4.69, 9.17) is 5.11 Å². The largest absolute Gasteiger partial charge is 0.392 e. The minimum Gasteiger partial charge on any atom is -0.392 e. The zero-order chi connectivity index (χ0) is 22.5. The van der Waals surface area contributed by atoms with Crippen LogP contribution in [0.1, 0.15) is 24.1 Å². The van der Waals surface area contributed by atoms with Gasteiger partial charge in [0, 0.05) is 40.7 Å². The van der Waals surface area contributed by atoms with E-state index in [1.54, 1.807) is 16.8 Å². The zero-order valence-corrected chi connectivity index (χ0v) is 18.2. The third-order valence-electron chi connectivity index (χ3n) is 5.04. The van der Waals surface area contributed by atoms with Crippen LogP contribution in [0.5, 0.6) is 0 Å². The van der Waals surface area contributed by atoms with Crippen LogP contribution >= 0.6 is 11.8 Å². The number of β-amino-alcohol motifs (C(OH)–C–C–N with tert-alkyl or cyclic N) is 1. The van der Waals surface area contributed by atoms with Crippen LogP contribution in [-0.4, -0.2) is 49.1 Å². The molecular formula is C22H22FN7OS. The Balaban J connectivity index is 0.000000300. The van der Waals surface area contributed by atoms with Gasteiger partial charge in [-0.2, -0.15) is 15.5 Å². The third kappa shape index (κ3) is 4.80. The van der Waals surface area contributed by atoms with Crippen LogP contribution in [0, 0.1) is 24.1 Å². The first kappa shape index (κ1) is 22.0. The van der Waals surface area contributed by atoms with Gasteiger partial charge in [-0.3, -0.25) is 5.10 Å². The number of rotatable bonds is 3. The Hall–Kier alpha value is -3.26. The number of hydrogen-bond acceptors (Lipinski definition) is 7. The van der Waals surface area contributed by atoms with E-state index in [1.165, 1.54) is 30.2 Å². The van der Waals surface area contributed by atoms with Crippen LogP contribution < -0.4 is 5.32 Å². The molecule has 0 aromatic carbocycles. The predicted molar refractivity (Wildman–Crippen MR) is 119 cm³/mol. The molecule has 3 N–H and O–H groups in total. The molecule has 0 amide bonds. The van der Waals surface area contributed by atoms with Crippen LogP contribution in [0.25, 0.3) is 16.6 Å². The highest BCUT2D eigenvalue weighted by Crippen LogP contribution is 2.36. The van der Waals surface area contributed by atoms with E-state index in [0.717, 1.165) is 42.8 Å². The van der Waals surface area contributed by atoms with Crippen molar-refractivity contribution in [1.82, 2.24) is 30.1 Å². The predicted octanol–water partition coefficient (Wildman–Crippen LogP) is 3.32.